The summed E-state index contributed by atoms with van der Waals surface area (Å²) in [7, 11) is 0. The molecule has 1 aliphatic heterocycles. The first-order valence-electron chi connectivity index (χ1n) is 13.3. The quantitative estimate of drug-likeness (QED) is 0.130. The Labute approximate surface area is 247 Å². The van der Waals surface area contributed by atoms with E-state index in [1.165, 1.54) is 0 Å². The largest absolute Gasteiger partial charge is 0.374 e. The highest BCUT2D eigenvalue weighted by atomic mass is 35.5. The number of nitrogens with zero attached hydrogens (tertiary/aromatic N) is 4. The second-order valence-electron chi connectivity index (χ2n) is 9.70. The molecule has 0 aliphatic carbocycles. The summed E-state index contributed by atoms with van der Waals surface area (Å²) in [5.41, 5.74) is 4.01. The van der Waals surface area contributed by atoms with Gasteiger partial charge in [-0.3, -0.25) is 4.57 Å². The van der Waals surface area contributed by atoms with Gasteiger partial charge in [-0.1, -0.05) is 103 Å². The summed E-state index contributed by atoms with van der Waals surface area (Å²) in [6.07, 6.45) is -0.471. The van der Waals surface area contributed by atoms with Crippen LogP contribution in [0.2, 0.25) is 10.4 Å². The highest BCUT2D eigenvalue weighted by Gasteiger charge is 2.48. The number of hydrogen-bond donors (Lipinski definition) is 0. The fourth-order valence-corrected chi connectivity index (χ4v) is 5.31. The van der Waals surface area contributed by atoms with Crippen LogP contribution in [-0.4, -0.2) is 44.4 Å². The normalized spacial score (nSPS) is 20.5. The molecule has 6 rings (SSSR count). The van der Waals surface area contributed by atoms with Crippen LogP contribution in [0.4, 0.5) is 0 Å². The van der Waals surface area contributed by atoms with Gasteiger partial charge < -0.3 is 18.9 Å². The number of halogens is 2. The fraction of sp³-hybridized carbons (Fsp3) is 0.258. The lowest BCUT2D eigenvalue weighted by Gasteiger charge is -2.25. The van der Waals surface area contributed by atoms with Gasteiger partial charge in [-0.05, 0) is 28.3 Å². The summed E-state index contributed by atoms with van der Waals surface area (Å²) in [5, 5.41) is 0.182. The lowest BCUT2D eigenvalue weighted by molar-refractivity contribution is -0.0913. The van der Waals surface area contributed by atoms with Crippen LogP contribution in [-0.2, 0) is 38.8 Å². The van der Waals surface area contributed by atoms with Crippen LogP contribution in [0.5, 0.6) is 0 Å². The maximum Gasteiger partial charge on any atom is 0.225 e. The number of fused-ring (bicyclic) bond motifs is 1. The Hall–Kier alpha value is -3.37. The van der Waals surface area contributed by atoms with Crippen LogP contribution in [0.25, 0.3) is 11.2 Å². The van der Waals surface area contributed by atoms with Crippen molar-refractivity contribution in [3.8, 4) is 0 Å². The average Bonchev–Trinajstić information content (AvgIpc) is 3.57. The summed E-state index contributed by atoms with van der Waals surface area (Å²) < 4.78 is 27.7. The highest BCUT2D eigenvalue weighted by molar-refractivity contribution is 6.35. The van der Waals surface area contributed by atoms with Gasteiger partial charge in [0.1, 0.15) is 23.8 Å². The average molecular weight is 591 g/mol. The van der Waals surface area contributed by atoms with Gasteiger partial charge in [-0.15, -0.1) is 0 Å². The van der Waals surface area contributed by atoms with Gasteiger partial charge in [0.15, 0.2) is 17.0 Å². The predicted molar refractivity (Wildman–Crippen MR) is 155 cm³/mol. The van der Waals surface area contributed by atoms with Crippen LogP contribution < -0.4 is 0 Å². The third-order valence-corrected chi connectivity index (χ3v) is 7.31. The molecule has 1 saturated heterocycles. The summed E-state index contributed by atoms with van der Waals surface area (Å²) in [5.74, 6) is 0. The molecule has 1 fully saturated rings. The zero-order chi connectivity index (χ0) is 28.0. The zero-order valence-electron chi connectivity index (χ0n) is 22.1. The molecule has 0 N–H and O–H groups in total. The molecule has 1 aliphatic rings. The Bertz CT molecular complexity index is 1560. The van der Waals surface area contributed by atoms with Crippen molar-refractivity contribution in [3.63, 3.8) is 0 Å². The Kier molecular flexibility index (Phi) is 8.86. The van der Waals surface area contributed by atoms with Gasteiger partial charge in [-0.2, -0.15) is 4.98 Å². The summed E-state index contributed by atoms with van der Waals surface area (Å²) in [4.78, 5) is 12.9. The van der Waals surface area contributed by atoms with Crippen molar-refractivity contribution in [2.75, 3.05) is 6.61 Å². The first kappa shape index (κ1) is 27.8. The minimum atomic E-state index is -0.642. The van der Waals surface area contributed by atoms with Crippen molar-refractivity contribution in [3.05, 3.63) is 124 Å². The maximum atomic E-state index is 6.64. The molecule has 5 aromatic rings. The molecular formula is C31H28Cl2N4O4. The lowest BCUT2D eigenvalue weighted by atomic mass is 10.1. The molecule has 10 heteroatoms. The first-order chi connectivity index (χ1) is 20.2. The van der Waals surface area contributed by atoms with Crippen molar-refractivity contribution in [2.45, 2.75) is 44.4 Å². The minimum absolute atomic E-state index is 0.0172. The summed E-state index contributed by atoms with van der Waals surface area (Å²) in [6.45, 7) is 1.47. The molecular weight excluding hydrogens is 563 g/mol. The first-order valence-corrected chi connectivity index (χ1v) is 14.0. The Morgan fingerprint density at radius 1 is 0.707 bits per heavy atom. The number of aromatic nitrogens is 4. The third kappa shape index (κ3) is 6.59. The monoisotopic (exact) mass is 590 g/mol. The van der Waals surface area contributed by atoms with Gasteiger partial charge in [0.05, 0.1) is 32.8 Å². The number of ether oxygens (including phenoxy) is 4. The number of rotatable bonds is 11. The number of hydrogen-bond acceptors (Lipinski definition) is 7. The van der Waals surface area contributed by atoms with E-state index in [0.29, 0.717) is 37.6 Å². The second-order valence-corrected chi connectivity index (χ2v) is 10.4. The third-order valence-electron chi connectivity index (χ3n) is 6.88. The molecule has 0 radical (unpaired) electrons. The van der Waals surface area contributed by atoms with E-state index < -0.39 is 24.5 Å². The van der Waals surface area contributed by atoms with E-state index in [4.69, 9.17) is 42.1 Å². The maximum absolute atomic E-state index is 6.64. The predicted octanol–water partition coefficient (Wildman–Crippen LogP) is 6.42. The van der Waals surface area contributed by atoms with Crippen molar-refractivity contribution in [1.82, 2.24) is 19.5 Å². The van der Waals surface area contributed by atoms with Gasteiger partial charge in [0, 0.05) is 0 Å². The lowest BCUT2D eigenvalue weighted by Crippen LogP contribution is -2.38. The molecule has 0 amide bonds. The molecule has 8 nitrogen and oxygen atoms in total. The molecule has 0 unspecified atom stereocenters. The smallest absolute Gasteiger partial charge is 0.225 e. The molecule has 2 aromatic heterocycles. The second kappa shape index (κ2) is 13.1. The fourth-order valence-electron chi connectivity index (χ4n) is 4.89. The van der Waals surface area contributed by atoms with Crippen molar-refractivity contribution in [2.24, 2.45) is 0 Å². The van der Waals surface area contributed by atoms with Gasteiger partial charge >= 0.3 is 0 Å². The van der Waals surface area contributed by atoms with E-state index in [0.717, 1.165) is 16.7 Å². The molecule has 0 bridgehead atoms. The van der Waals surface area contributed by atoms with E-state index in [1.807, 2.05) is 91.0 Å². The standard InChI is InChI=1S/C31H28Cl2N4O4/c32-28-25-29(36-31(33)35-28)37(20-34-25)30-27(40-18-23-14-8-3-9-15-23)26(39-17-22-12-6-2-7-13-22)24(41-30)19-38-16-21-10-4-1-5-11-21/h1-15,20,24,26-27,30H,16-19H2/t24-,26-,27+,30-/m1/s1. The summed E-state index contributed by atoms with van der Waals surface area (Å²) in [6, 6.07) is 30.0. The number of imidazole rings is 1. The van der Waals surface area contributed by atoms with Crippen LogP contribution in [0.15, 0.2) is 97.3 Å². The van der Waals surface area contributed by atoms with Crippen LogP contribution >= 0.6 is 23.2 Å². The molecule has 210 valence electrons. The van der Waals surface area contributed by atoms with Gasteiger partial charge in [-0.25, -0.2) is 9.97 Å². The van der Waals surface area contributed by atoms with Crippen LogP contribution in [0, 0.1) is 0 Å². The van der Waals surface area contributed by atoms with E-state index in [-0.39, 0.29) is 10.4 Å². The zero-order valence-corrected chi connectivity index (χ0v) is 23.6. The molecule has 3 heterocycles. The van der Waals surface area contributed by atoms with E-state index in [2.05, 4.69) is 15.0 Å². The van der Waals surface area contributed by atoms with E-state index in [9.17, 15) is 0 Å². The number of benzene rings is 3. The molecule has 3 aromatic carbocycles. The van der Waals surface area contributed by atoms with Crippen molar-refractivity contribution < 1.29 is 18.9 Å². The minimum Gasteiger partial charge on any atom is -0.374 e. The Balaban J connectivity index is 1.31. The van der Waals surface area contributed by atoms with E-state index in [1.54, 1.807) is 10.9 Å². The molecule has 0 saturated carbocycles. The topological polar surface area (TPSA) is 80.5 Å². The SMILES string of the molecule is Clc1nc(Cl)c2ncn([C@@H]3O[C@H](COCc4ccccc4)[C@@H](OCc4ccccc4)[C@@H]3OCc3ccccc3)c2n1. The Morgan fingerprint density at radius 2 is 1.27 bits per heavy atom. The van der Waals surface area contributed by atoms with Crippen LogP contribution in [0.1, 0.15) is 22.9 Å². The van der Waals surface area contributed by atoms with Crippen molar-refractivity contribution >= 4 is 34.4 Å². The molecule has 0 spiro atoms. The Morgan fingerprint density at radius 3 is 1.88 bits per heavy atom. The van der Waals surface area contributed by atoms with Gasteiger partial charge in [0.2, 0.25) is 5.28 Å². The van der Waals surface area contributed by atoms with Gasteiger partial charge in [0.25, 0.3) is 0 Å². The summed E-state index contributed by atoms with van der Waals surface area (Å²) >= 11 is 12.5. The van der Waals surface area contributed by atoms with E-state index >= 15 is 0 Å². The van der Waals surface area contributed by atoms with Crippen LogP contribution in [0.3, 0.4) is 0 Å². The molecule has 4 atom stereocenters. The van der Waals surface area contributed by atoms with Crippen molar-refractivity contribution in [1.29, 1.82) is 0 Å². The highest BCUT2D eigenvalue weighted by Crippen LogP contribution is 2.37. The molecule has 41 heavy (non-hydrogen) atoms.